The fourth-order valence-electron chi connectivity index (χ4n) is 2.44. The molecule has 0 aliphatic carbocycles. The van der Waals surface area contributed by atoms with E-state index in [4.69, 9.17) is 23.2 Å². The van der Waals surface area contributed by atoms with Crippen LogP contribution >= 0.6 is 35.0 Å². The molecule has 3 aromatic rings. The maximum Gasteiger partial charge on any atom is 0.234 e. The lowest BCUT2D eigenvalue weighted by molar-refractivity contribution is -0.113. The number of carbonyl (C=O) groups is 1. The van der Waals surface area contributed by atoms with Crippen molar-refractivity contribution in [2.75, 3.05) is 11.1 Å². The van der Waals surface area contributed by atoms with E-state index in [-0.39, 0.29) is 5.91 Å². The molecule has 5 heteroatoms. The summed E-state index contributed by atoms with van der Waals surface area (Å²) in [5.41, 5.74) is 1.89. The smallest absolute Gasteiger partial charge is 0.234 e. The number of nitrogens with one attached hydrogen (secondary N) is 1. The van der Waals surface area contributed by atoms with Crippen molar-refractivity contribution in [3.63, 3.8) is 0 Å². The van der Waals surface area contributed by atoms with E-state index in [1.54, 1.807) is 30.0 Å². The van der Waals surface area contributed by atoms with E-state index in [2.05, 4.69) is 29.6 Å². The first-order chi connectivity index (χ1) is 11.6. The Kier molecular flexibility index (Phi) is 5.67. The lowest BCUT2D eigenvalue weighted by atomic mass is 10.1. The van der Waals surface area contributed by atoms with Crippen LogP contribution in [0.3, 0.4) is 0 Å². The van der Waals surface area contributed by atoms with Gasteiger partial charge < -0.3 is 5.32 Å². The number of benzene rings is 3. The van der Waals surface area contributed by atoms with Gasteiger partial charge >= 0.3 is 0 Å². The highest BCUT2D eigenvalue weighted by Gasteiger charge is 2.06. The largest absolute Gasteiger partial charge is 0.325 e. The molecule has 0 aromatic heterocycles. The van der Waals surface area contributed by atoms with Gasteiger partial charge in [-0.25, -0.2) is 0 Å². The summed E-state index contributed by atoms with van der Waals surface area (Å²) in [4.78, 5) is 12.1. The van der Waals surface area contributed by atoms with E-state index in [9.17, 15) is 4.79 Å². The molecule has 0 heterocycles. The number of anilines is 1. The maximum atomic E-state index is 12.1. The molecule has 0 fully saturated rings. The normalized spacial score (nSPS) is 10.8. The predicted octanol–water partition coefficient (Wildman–Crippen LogP) is 6.02. The van der Waals surface area contributed by atoms with Crippen molar-refractivity contribution in [3.05, 3.63) is 76.3 Å². The van der Waals surface area contributed by atoms with Gasteiger partial charge in [-0.3, -0.25) is 4.79 Å². The van der Waals surface area contributed by atoms with Crippen LogP contribution in [-0.2, 0) is 10.5 Å². The van der Waals surface area contributed by atoms with E-state index in [0.29, 0.717) is 21.5 Å². The van der Waals surface area contributed by atoms with Gasteiger partial charge in [-0.1, -0.05) is 65.7 Å². The van der Waals surface area contributed by atoms with Gasteiger partial charge in [0.05, 0.1) is 15.8 Å². The fraction of sp³-hybridized carbons (Fsp3) is 0.105. The molecule has 24 heavy (non-hydrogen) atoms. The maximum absolute atomic E-state index is 12.1. The summed E-state index contributed by atoms with van der Waals surface area (Å²) in [6.07, 6.45) is 0. The third-order valence-corrected chi connectivity index (χ3v) is 5.29. The quantitative estimate of drug-likeness (QED) is 0.590. The minimum atomic E-state index is -0.0568. The van der Waals surface area contributed by atoms with E-state index in [1.807, 2.05) is 18.2 Å². The lowest BCUT2D eigenvalue weighted by Crippen LogP contribution is -2.14. The van der Waals surface area contributed by atoms with Crippen molar-refractivity contribution in [2.24, 2.45) is 0 Å². The monoisotopic (exact) mass is 375 g/mol. The molecule has 0 saturated carbocycles. The minimum absolute atomic E-state index is 0.0568. The van der Waals surface area contributed by atoms with Crippen molar-refractivity contribution < 1.29 is 4.79 Å². The third-order valence-electron chi connectivity index (χ3n) is 3.57. The molecular weight excluding hydrogens is 361 g/mol. The van der Waals surface area contributed by atoms with Crippen LogP contribution < -0.4 is 5.32 Å². The van der Waals surface area contributed by atoms with Crippen LogP contribution in [-0.4, -0.2) is 11.7 Å². The van der Waals surface area contributed by atoms with Crippen molar-refractivity contribution >= 4 is 57.3 Å². The van der Waals surface area contributed by atoms with Gasteiger partial charge in [0.2, 0.25) is 5.91 Å². The highest BCUT2D eigenvalue weighted by Crippen LogP contribution is 2.26. The zero-order chi connectivity index (χ0) is 16.9. The van der Waals surface area contributed by atoms with E-state index in [1.165, 1.54) is 16.3 Å². The number of rotatable bonds is 5. The Labute approximate surface area is 155 Å². The molecular formula is C19H15Cl2NOS. The minimum Gasteiger partial charge on any atom is -0.325 e. The van der Waals surface area contributed by atoms with Crippen LogP contribution in [0, 0.1) is 0 Å². The number of carbonyl (C=O) groups excluding carboxylic acids is 1. The van der Waals surface area contributed by atoms with Crippen molar-refractivity contribution in [1.29, 1.82) is 0 Å². The highest BCUT2D eigenvalue weighted by molar-refractivity contribution is 7.99. The fourth-order valence-corrected chi connectivity index (χ4v) is 3.57. The standard InChI is InChI=1S/C19H15Cl2NOS/c20-17-9-8-15(10-18(17)21)22-19(23)12-24-11-14-6-3-5-13-4-1-2-7-16(13)14/h1-10H,11-12H2,(H,22,23). The average molecular weight is 376 g/mol. The Morgan fingerprint density at radius 1 is 0.958 bits per heavy atom. The first kappa shape index (κ1) is 17.2. The number of hydrogen-bond donors (Lipinski definition) is 1. The van der Waals surface area contributed by atoms with Crippen LogP contribution in [0.15, 0.2) is 60.7 Å². The Bertz CT molecular complexity index is 877. The molecule has 0 bridgehead atoms. The van der Waals surface area contributed by atoms with Crippen LogP contribution in [0.25, 0.3) is 10.8 Å². The second-order valence-electron chi connectivity index (χ2n) is 5.31. The summed E-state index contributed by atoms with van der Waals surface area (Å²) < 4.78 is 0. The summed E-state index contributed by atoms with van der Waals surface area (Å²) >= 11 is 13.4. The first-order valence-electron chi connectivity index (χ1n) is 7.43. The molecule has 0 aliphatic rings. The molecule has 1 N–H and O–H groups in total. The molecule has 0 spiro atoms. The summed E-state index contributed by atoms with van der Waals surface area (Å²) in [5.74, 6) is 1.11. The average Bonchev–Trinajstić information content (AvgIpc) is 2.58. The second kappa shape index (κ2) is 7.93. The number of hydrogen-bond acceptors (Lipinski definition) is 2. The third kappa shape index (κ3) is 4.23. The summed E-state index contributed by atoms with van der Waals surface area (Å²) in [5, 5.41) is 6.18. The Balaban J connectivity index is 1.57. The van der Waals surface area contributed by atoms with Gasteiger partial charge in [-0.2, -0.15) is 0 Å². The van der Waals surface area contributed by atoms with Gasteiger partial charge in [0.15, 0.2) is 0 Å². The molecule has 0 aliphatic heterocycles. The van der Waals surface area contributed by atoms with Crippen LogP contribution in [0.2, 0.25) is 10.0 Å². The van der Waals surface area contributed by atoms with E-state index >= 15 is 0 Å². The van der Waals surface area contributed by atoms with Crippen molar-refractivity contribution in [1.82, 2.24) is 0 Å². The van der Waals surface area contributed by atoms with Crippen LogP contribution in [0.4, 0.5) is 5.69 Å². The van der Waals surface area contributed by atoms with Crippen LogP contribution in [0.1, 0.15) is 5.56 Å². The molecule has 0 atom stereocenters. The molecule has 3 aromatic carbocycles. The Morgan fingerprint density at radius 2 is 1.75 bits per heavy atom. The number of thioether (sulfide) groups is 1. The zero-order valence-electron chi connectivity index (χ0n) is 12.8. The zero-order valence-corrected chi connectivity index (χ0v) is 15.1. The summed E-state index contributed by atoms with van der Waals surface area (Å²) in [7, 11) is 0. The summed E-state index contributed by atoms with van der Waals surface area (Å²) in [6.45, 7) is 0. The molecule has 122 valence electrons. The van der Waals surface area contributed by atoms with Gasteiger partial charge in [-0.15, -0.1) is 11.8 Å². The van der Waals surface area contributed by atoms with Gasteiger partial charge in [0.1, 0.15) is 0 Å². The topological polar surface area (TPSA) is 29.1 Å². The second-order valence-corrected chi connectivity index (χ2v) is 7.11. The number of halogens is 2. The van der Waals surface area contributed by atoms with Crippen LogP contribution in [0.5, 0.6) is 0 Å². The predicted molar refractivity (Wildman–Crippen MR) is 105 cm³/mol. The SMILES string of the molecule is O=C(CSCc1cccc2ccccc12)Nc1ccc(Cl)c(Cl)c1. The Hall–Kier alpha value is -1.68. The van der Waals surface area contributed by atoms with E-state index < -0.39 is 0 Å². The van der Waals surface area contributed by atoms with E-state index in [0.717, 1.165) is 5.75 Å². The van der Waals surface area contributed by atoms with Crippen molar-refractivity contribution in [3.8, 4) is 0 Å². The number of fused-ring (bicyclic) bond motifs is 1. The van der Waals surface area contributed by atoms with Gasteiger partial charge in [0.25, 0.3) is 0 Å². The molecule has 1 amide bonds. The molecule has 3 rings (SSSR count). The van der Waals surface area contributed by atoms with Gasteiger partial charge in [-0.05, 0) is 34.5 Å². The highest BCUT2D eigenvalue weighted by atomic mass is 35.5. The van der Waals surface area contributed by atoms with Gasteiger partial charge in [0, 0.05) is 11.4 Å². The molecule has 2 nitrogen and oxygen atoms in total. The number of amides is 1. The molecule has 0 saturated heterocycles. The Morgan fingerprint density at radius 3 is 2.58 bits per heavy atom. The molecule has 0 radical (unpaired) electrons. The molecule has 0 unspecified atom stereocenters. The van der Waals surface area contributed by atoms with Crippen molar-refractivity contribution in [2.45, 2.75) is 5.75 Å². The summed E-state index contributed by atoms with van der Waals surface area (Å²) in [6, 6.07) is 19.6. The lowest BCUT2D eigenvalue weighted by Gasteiger charge is -2.08. The first-order valence-corrected chi connectivity index (χ1v) is 9.34.